The van der Waals surface area contributed by atoms with Gasteiger partial charge >= 0.3 is 0 Å². The summed E-state index contributed by atoms with van der Waals surface area (Å²) < 4.78 is 0. The van der Waals surface area contributed by atoms with E-state index in [0.717, 1.165) is 30.8 Å². The van der Waals surface area contributed by atoms with Gasteiger partial charge in [0.2, 0.25) is 0 Å². The third-order valence-electron chi connectivity index (χ3n) is 3.82. The first kappa shape index (κ1) is 12.9. The van der Waals surface area contributed by atoms with E-state index in [1.54, 1.807) is 0 Å². The van der Waals surface area contributed by atoms with E-state index in [9.17, 15) is 0 Å². The fraction of sp³-hybridized carbons (Fsp3) is 0.533. The summed E-state index contributed by atoms with van der Waals surface area (Å²) in [5.41, 5.74) is 7.69. The van der Waals surface area contributed by atoms with E-state index in [1.807, 2.05) is 18.2 Å². The van der Waals surface area contributed by atoms with Crippen molar-refractivity contribution in [1.82, 2.24) is 0 Å². The number of hydrogen-bond acceptors (Lipinski definition) is 3. The standard InChI is InChI=1S/C15H21N3/c1-15(2)9-13(6-7-16)11-18(15)14-5-3-4-12(8-14)10-17/h3-5,8,13H,6-7,9,11,16H2,1-2H3. The quantitative estimate of drug-likeness (QED) is 0.887. The second kappa shape index (κ2) is 4.99. The van der Waals surface area contributed by atoms with Gasteiger partial charge < -0.3 is 10.6 Å². The minimum absolute atomic E-state index is 0.147. The molecule has 0 amide bonds. The Balaban J connectivity index is 2.24. The van der Waals surface area contributed by atoms with Gasteiger partial charge in [0.15, 0.2) is 0 Å². The SMILES string of the molecule is CC1(C)CC(CCN)CN1c1cccc(C#N)c1. The van der Waals surface area contributed by atoms with Gasteiger partial charge in [0, 0.05) is 17.8 Å². The van der Waals surface area contributed by atoms with Crippen molar-refractivity contribution in [2.75, 3.05) is 18.0 Å². The molecule has 18 heavy (non-hydrogen) atoms. The molecule has 0 aliphatic carbocycles. The van der Waals surface area contributed by atoms with Crippen molar-refractivity contribution in [3.8, 4) is 6.07 Å². The monoisotopic (exact) mass is 243 g/mol. The minimum Gasteiger partial charge on any atom is -0.366 e. The van der Waals surface area contributed by atoms with Crippen LogP contribution in [0.3, 0.4) is 0 Å². The first-order chi connectivity index (χ1) is 8.56. The number of benzene rings is 1. The minimum atomic E-state index is 0.147. The van der Waals surface area contributed by atoms with Gasteiger partial charge in [-0.05, 0) is 57.4 Å². The number of rotatable bonds is 3. The highest BCUT2D eigenvalue weighted by molar-refractivity contribution is 5.54. The lowest BCUT2D eigenvalue weighted by molar-refractivity contribution is 0.458. The fourth-order valence-electron chi connectivity index (χ4n) is 3.01. The van der Waals surface area contributed by atoms with Gasteiger partial charge in [-0.3, -0.25) is 0 Å². The van der Waals surface area contributed by atoms with Crippen LogP contribution in [0.4, 0.5) is 5.69 Å². The Hall–Kier alpha value is -1.53. The third-order valence-corrected chi connectivity index (χ3v) is 3.82. The van der Waals surface area contributed by atoms with Crippen LogP contribution in [0.25, 0.3) is 0 Å². The number of nitrogens with zero attached hydrogens (tertiary/aromatic N) is 2. The predicted molar refractivity (Wildman–Crippen MR) is 74.4 cm³/mol. The van der Waals surface area contributed by atoms with Crippen molar-refractivity contribution in [2.45, 2.75) is 32.2 Å². The molecule has 1 aliphatic rings. The molecule has 0 saturated carbocycles. The van der Waals surface area contributed by atoms with Crippen LogP contribution in [0.15, 0.2) is 24.3 Å². The molecule has 0 bridgehead atoms. The summed E-state index contributed by atoms with van der Waals surface area (Å²) in [6.07, 6.45) is 2.25. The van der Waals surface area contributed by atoms with E-state index in [2.05, 4.69) is 30.9 Å². The number of anilines is 1. The van der Waals surface area contributed by atoms with E-state index in [-0.39, 0.29) is 5.54 Å². The molecule has 3 heteroatoms. The average molecular weight is 243 g/mol. The van der Waals surface area contributed by atoms with Crippen LogP contribution in [0.5, 0.6) is 0 Å². The Bertz CT molecular complexity index is 459. The normalized spacial score (nSPS) is 21.9. The molecular weight excluding hydrogens is 222 g/mol. The second-order valence-corrected chi connectivity index (χ2v) is 5.73. The molecule has 1 heterocycles. The van der Waals surface area contributed by atoms with E-state index in [4.69, 9.17) is 11.0 Å². The molecule has 0 aromatic heterocycles. The summed E-state index contributed by atoms with van der Waals surface area (Å²) in [4.78, 5) is 2.41. The van der Waals surface area contributed by atoms with Crippen LogP contribution in [0.1, 0.15) is 32.3 Å². The molecule has 2 rings (SSSR count). The highest BCUT2D eigenvalue weighted by Gasteiger charge is 2.37. The van der Waals surface area contributed by atoms with E-state index >= 15 is 0 Å². The van der Waals surface area contributed by atoms with E-state index in [1.165, 1.54) is 6.42 Å². The maximum atomic E-state index is 8.99. The van der Waals surface area contributed by atoms with Crippen LogP contribution in [-0.2, 0) is 0 Å². The smallest absolute Gasteiger partial charge is 0.0992 e. The lowest BCUT2D eigenvalue weighted by Crippen LogP contribution is -2.38. The summed E-state index contributed by atoms with van der Waals surface area (Å²) in [7, 11) is 0. The predicted octanol–water partition coefficient (Wildman–Crippen LogP) is 2.51. The van der Waals surface area contributed by atoms with Crippen LogP contribution in [0, 0.1) is 17.2 Å². The molecule has 3 nitrogen and oxygen atoms in total. The van der Waals surface area contributed by atoms with Gasteiger partial charge in [-0.1, -0.05) is 6.07 Å². The lowest BCUT2D eigenvalue weighted by Gasteiger charge is -2.33. The second-order valence-electron chi connectivity index (χ2n) is 5.73. The molecule has 0 spiro atoms. The number of nitriles is 1. The molecule has 0 radical (unpaired) electrons. The van der Waals surface area contributed by atoms with Crippen molar-refractivity contribution in [3.05, 3.63) is 29.8 Å². The zero-order valence-corrected chi connectivity index (χ0v) is 11.2. The van der Waals surface area contributed by atoms with Crippen LogP contribution in [-0.4, -0.2) is 18.6 Å². The zero-order valence-electron chi connectivity index (χ0n) is 11.2. The maximum absolute atomic E-state index is 8.99. The van der Waals surface area contributed by atoms with Gasteiger partial charge in [-0.15, -0.1) is 0 Å². The van der Waals surface area contributed by atoms with E-state index < -0.39 is 0 Å². The molecule has 1 aromatic rings. The maximum Gasteiger partial charge on any atom is 0.0992 e. The largest absolute Gasteiger partial charge is 0.366 e. The number of nitrogens with two attached hydrogens (primary N) is 1. The molecule has 1 saturated heterocycles. The Morgan fingerprint density at radius 1 is 1.50 bits per heavy atom. The topological polar surface area (TPSA) is 53.0 Å². The number of hydrogen-bond donors (Lipinski definition) is 1. The van der Waals surface area contributed by atoms with Crippen molar-refractivity contribution >= 4 is 5.69 Å². The molecule has 96 valence electrons. The van der Waals surface area contributed by atoms with E-state index in [0.29, 0.717) is 5.92 Å². The van der Waals surface area contributed by atoms with Crippen LogP contribution >= 0.6 is 0 Å². The van der Waals surface area contributed by atoms with Crippen molar-refractivity contribution < 1.29 is 0 Å². The third kappa shape index (κ3) is 2.49. The fourth-order valence-corrected chi connectivity index (χ4v) is 3.01. The Morgan fingerprint density at radius 3 is 2.94 bits per heavy atom. The van der Waals surface area contributed by atoms with Crippen molar-refractivity contribution in [3.63, 3.8) is 0 Å². The summed E-state index contributed by atoms with van der Waals surface area (Å²) in [6.45, 7) is 6.33. The highest BCUT2D eigenvalue weighted by Crippen LogP contribution is 2.38. The Morgan fingerprint density at radius 2 is 2.28 bits per heavy atom. The highest BCUT2D eigenvalue weighted by atomic mass is 15.2. The van der Waals surface area contributed by atoms with Gasteiger partial charge in [-0.2, -0.15) is 5.26 Å². The molecule has 1 fully saturated rings. The van der Waals surface area contributed by atoms with Crippen LogP contribution < -0.4 is 10.6 Å². The summed E-state index contributed by atoms with van der Waals surface area (Å²) in [5.74, 6) is 0.663. The summed E-state index contributed by atoms with van der Waals surface area (Å²) in [6, 6.07) is 10.1. The molecule has 1 atom stereocenters. The molecule has 1 unspecified atom stereocenters. The van der Waals surface area contributed by atoms with Gasteiger partial charge in [-0.25, -0.2) is 0 Å². The Kier molecular flexibility index (Phi) is 3.58. The average Bonchev–Trinajstić information content (AvgIpc) is 2.65. The first-order valence-corrected chi connectivity index (χ1v) is 6.54. The van der Waals surface area contributed by atoms with Gasteiger partial charge in [0.05, 0.1) is 11.6 Å². The van der Waals surface area contributed by atoms with Crippen molar-refractivity contribution in [1.29, 1.82) is 5.26 Å². The van der Waals surface area contributed by atoms with Crippen LogP contribution in [0.2, 0.25) is 0 Å². The van der Waals surface area contributed by atoms with Gasteiger partial charge in [0.1, 0.15) is 0 Å². The first-order valence-electron chi connectivity index (χ1n) is 6.54. The van der Waals surface area contributed by atoms with Gasteiger partial charge in [0.25, 0.3) is 0 Å². The molecule has 1 aliphatic heterocycles. The lowest BCUT2D eigenvalue weighted by atomic mass is 9.94. The Labute approximate surface area is 109 Å². The molecular formula is C15H21N3. The summed E-state index contributed by atoms with van der Waals surface area (Å²) in [5, 5.41) is 8.99. The van der Waals surface area contributed by atoms with Crippen molar-refractivity contribution in [2.24, 2.45) is 11.7 Å². The summed E-state index contributed by atoms with van der Waals surface area (Å²) >= 11 is 0. The molecule has 1 aromatic carbocycles. The molecule has 2 N–H and O–H groups in total. The zero-order chi connectivity index (χ0) is 13.2.